The quantitative estimate of drug-likeness (QED) is 0.420. The van der Waals surface area contributed by atoms with Crippen LogP contribution in [0.5, 0.6) is 0 Å². The average Bonchev–Trinajstić information content (AvgIpc) is 1.55. The molecule has 0 aromatic rings. The molecule has 0 unspecified atom stereocenters. The fourth-order valence-electron chi connectivity index (χ4n) is 0.765. The van der Waals surface area contributed by atoms with Crippen LogP contribution in [0.15, 0.2) is 0 Å². The van der Waals surface area contributed by atoms with E-state index in [1.54, 1.807) is 0 Å². The molecule has 0 saturated heterocycles. The zero-order valence-electron chi connectivity index (χ0n) is 4.26. The molecule has 0 heterocycles. The largest absolute Gasteiger partial charge is 0.252 e. The molecule has 0 aromatic heterocycles. The molecule has 1 N–H and O–H groups in total. The Morgan fingerprint density at radius 3 is 2.43 bits per heavy atom. The van der Waals surface area contributed by atoms with E-state index in [9.17, 15) is 0 Å². The predicted molar refractivity (Wildman–Crippen MR) is 25.9 cm³/mol. The Morgan fingerprint density at radius 1 is 1.57 bits per heavy atom. The van der Waals surface area contributed by atoms with Crippen molar-refractivity contribution in [2.75, 3.05) is 6.61 Å². The summed E-state index contributed by atoms with van der Waals surface area (Å²) in [4.78, 5) is 3.95. The molecule has 1 aliphatic rings. The highest BCUT2D eigenvalue weighted by Gasteiger charge is 2.16. The summed E-state index contributed by atoms with van der Waals surface area (Å²) >= 11 is 0. The molecule has 0 amide bonds. The van der Waals surface area contributed by atoms with Crippen LogP contribution in [0, 0.1) is 5.92 Å². The van der Waals surface area contributed by atoms with E-state index in [0.29, 0.717) is 12.5 Å². The van der Waals surface area contributed by atoms with Gasteiger partial charge in [-0.1, -0.05) is 6.42 Å². The van der Waals surface area contributed by atoms with Crippen LogP contribution < -0.4 is 0 Å². The second-order valence-electron chi connectivity index (χ2n) is 2.09. The van der Waals surface area contributed by atoms with E-state index in [-0.39, 0.29) is 0 Å². The van der Waals surface area contributed by atoms with Crippen molar-refractivity contribution in [2.45, 2.75) is 19.3 Å². The molecule has 1 fully saturated rings. The van der Waals surface area contributed by atoms with Crippen LogP contribution in [-0.2, 0) is 4.89 Å². The van der Waals surface area contributed by atoms with Crippen LogP contribution in [0.4, 0.5) is 0 Å². The van der Waals surface area contributed by atoms with E-state index in [1.165, 1.54) is 19.3 Å². The fraction of sp³-hybridized carbons (Fsp3) is 1.00. The van der Waals surface area contributed by atoms with Gasteiger partial charge in [-0.3, -0.25) is 5.26 Å². The Bertz CT molecular complexity index is 50.0. The predicted octanol–water partition coefficient (Wildman–Crippen LogP) is 1.28. The minimum atomic E-state index is 0.542. The van der Waals surface area contributed by atoms with Crippen molar-refractivity contribution in [3.8, 4) is 0 Å². The van der Waals surface area contributed by atoms with Crippen LogP contribution in [0.25, 0.3) is 0 Å². The molecular formula is C5H10O2. The van der Waals surface area contributed by atoms with Gasteiger partial charge >= 0.3 is 0 Å². The Balaban J connectivity index is 1.93. The first kappa shape index (κ1) is 5.06. The summed E-state index contributed by atoms with van der Waals surface area (Å²) in [5, 5.41) is 7.90. The second-order valence-corrected chi connectivity index (χ2v) is 2.09. The lowest BCUT2D eigenvalue weighted by atomic mass is 9.86. The fourth-order valence-corrected chi connectivity index (χ4v) is 0.765. The third-order valence-electron chi connectivity index (χ3n) is 1.53. The standard InChI is InChI=1S/C5H10O2/c6-7-4-5-2-1-3-5/h5-6H,1-4H2. The topological polar surface area (TPSA) is 29.5 Å². The summed E-state index contributed by atoms with van der Waals surface area (Å²) in [6.45, 7) is 0.542. The van der Waals surface area contributed by atoms with Gasteiger partial charge in [-0.2, -0.15) is 0 Å². The van der Waals surface area contributed by atoms with E-state index < -0.39 is 0 Å². The lowest BCUT2D eigenvalue weighted by Gasteiger charge is -2.22. The van der Waals surface area contributed by atoms with Crippen molar-refractivity contribution in [3.05, 3.63) is 0 Å². The highest BCUT2D eigenvalue weighted by Crippen LogP contribution is 2.25. The van der Waals surface area contributed by atoms with Crippen LogP contribution in [0.2, 0.25) is 0 Å². The summed E-state index contributed by atoms with van der Waals surface area (Å²) in [7, 11) is 0. The molecule has 2 heteroatoms. The molecular weight excluding hydrogens is 92.1 g/mol. The van der Waals surface area contributed by atoms with Crippen LogP contribution in [0.3, 0.4) is 0 Å². The highest BCUT2D eigenvalue weighted by molar-refractivity contribution is 4.67. The molecule has 0 radical (unpaired) electrons. The van der Waals surface area contributed by atoms with E-state index in [4.69, 9.17) is 5.26 Å². The summed E-state index contributed by atoms with van der Waals surface area (Å²) in [5.41, 5.74) is 0. The molecule has 0 aliphatic heterocycles. The van der Waals surface area contributed by atoms with Gasteiger partial charge in [-0.15, -0.1) is 0 Å². The van der Waals surface area contributed by atoms with Gasteiger partial charge in [0.15, 0.2) is 0 Å². The normalized spacial score (nSPS) is 21.9. The Hall–Kier alpha value is -0.0800. The maximum Gasteiger partial charge on any atom is 0.0847 e. The van der Waals surface area contributed by atoms with Crippen molar-refractivity contribution >= 4 is 0 Å². The molecule has 0 spiro atoms. The van der Waals surface area contributed by atoms with Crippen molar-refractivity contribution in [1.29, 1.82) is 0 Å². The Morgan fingerprint density at radius 2 is 2.29 bits per heavy atom. The lowest BCUT2D eigenvalue weighted by molar-refractivity contribution is -0.255. The molecule has 1 rings (SSSR count). The van der Waals surface area contributed by atoms with Gasteiger partial charge in [0.25, 0.3) is 0 Å². The van der Waals surface area contributed by atoms with Gasteiger partial charge in [0.1, 0.15) is 0 Å². The van der Waals surface area contributed by atoms with E-state index in [0.717, 1.165) is 0 Å². The molecule has 1 saturated carbocycles. The van der Waals surface area contributed by atoms with Gasteiger partial charge in [-0.05, 0) is 18.8 Å². The molecule has 0 bridgehead atoms. The zero-order chi connectivity index (χ0) is 5.11. The lowest BCUT2D eigenvalue weighted by Crippen LogP contribution is -2.16. The minimum absolute atomic E-state index is 0.542. The summed E-state index contributed by atoms with van der Waals surface area (Å²) in [6.07, 6.45) is 3.79. The van der Waals surface area contributed by atoms with Gasteiger partial charge in [0.2, 0.25) is 0 Å². The first-order chi connectivity index (χ1) is 3.43. The summed E-state index contributed by atoms with van der Waals surface area (Å²) < 4.78 is 0. The van der Waals surface area contributed by atoms with Gasteiger partial charge in [0, 0.05) is 0 Å². The van der Waals surface area contributed by atoms with Crippen LogP contribution >= 0.6 is 0 Å². The highest BCUT2D eigenvalue weighted by atomic mass is 17.1. The molecule has 1 aliphatic carbocycles. The average molecular weight is 102 g/mol. The zero-order valence-corrected chi connectivity index (χ0v) is 4.26. The van der Waals surface area contributed by atoms with E-state index in [2.05, 4.69) is 4.89 Å². The Kier molecular flexibility index (Phi) is 1.65. The molecule has 2 nitrogen and oxygen atoms in total. The molecule has 0 aromatic carbocycles. The summed E-state index contributed by atoms with van der Waals surface area (Å²) in [5.74, 6) is 0.657. The smallest absolute Gasteiger partial charge is 0.0847 e. The van der Waals surface area contributed by atoms with Crippen LogP contribution in [0.1, 0.15) is 19.3 Å². The van der Waals surface area contributed by atoms with Crippen LogP contribution in [-0.4, -0.2) is 11.9 Å². The van der Waals surface area contributed by atoms with Crippen molar-refractivity contribution in [3.63, 3.8) is 0 Å². The Labute approximate surface area is 43.0 Å². The van der Waals surface area contributed by atoms with E-state index in [1.807, 2.05) is 0 Å². The number of rotatable bonds is 2. The third kappa shape index (κ3) is 1.14. The minimum Gasteiger partial charge on any atom is -0.252 e. The van der Waals surface area contributed by atoms with Crippen molar-refractivity contribution in [2.24, 2.45) is 5.92 Å². The van der Waals surface area contributed by atoms with Crippen molar-refractivity contribution in [1.82, 2.24) is 0 Å². The summed E-state index contributed by atoms with van der Waals surface area (Å²) in [6, 6.07) is 0. The first-order valence-electron chi connectivity index (χ1n) is 2.70. The maximum absolute atomic E-state index is 7.90. The maximum atomic E-state index is 7.90. The first-order valence-corrected chi connectivity index (χ1v) is 2.70. The van der Waals surface area contributed by atoms with Gasteiger partial charge in [0.05, 0.1) is 6.61 Å². The van der Waals surface area contributed by atoms with E-state index >= 15 is 0 Å². The van der Waals surface area contributed by atoms with Gasteiger partial charge < -0.3 is 0 Å². The number of hydrogen-bond acceptors (Lipinski definition) is 2. The second kappa shape index (κ2) is 2.28. The van der Waals surface area contributed by atoms with Crippen molar-refractivity contribution < 1.29 is 10.1 Å². The monoisotopic (exact) mass is 102 g/mol. The third-order valence-corrected chi connectivity index (χ3v) is 1.53. The van der Waals surface area contributed by atoms with Gasteiger partial charge in [-0.25, -0.2) is 4.89 Å². The molecule has 0 atom stereocenters. The molecule has 42 valence electrons. The SMILES string of the molecule is OOCC1CCC1. The molecule has 7 heavy (non-hydrogen) atoms. The number of hydrogen-bond donors (Lipinski definition) is 1.